The molecule has 0 aliphatic heterocycles. The first-order valence-electron chi connectivity index (χ1n) is 8.41. The molecule has 0 unspecified atom stereocenters. The molecule has 0 aromatic heterocycles. The van der Waals surface area contributed by atoms with Crippen LogP contribution in [0.5, 0.6) is 11.5 Å². The van der Waals surface area contributed by atoms with Crippen molar-refractivity contribution in [2.45, 2.75) is 5.75 Å². The third-order valence-corrected chi connectivity index (χ3v) is 5.01. The van der Waals surface area contributed by atoms with Crippen LogP contribution in [0.3, 0.4) is 0 Å². The van der Waals surface area contributed by atoms with Gasteiger partial charge in [-0.2, -0.15) is 0 Å². The van der Waals surface area contributed by atoms with E-state index in [0.717, 1.165) is 0 Å². The molecule has 0 saturated carbocycles. The lowest BCUT2D eigenvalue weighted by Gasteiger charge is -2.13. The van der Waals surface area contributed by atoms with Gasteiger partial charge in [0.1, 0.15) is 5.75 Å². The van der Waals surface area contributed by atoms with Crippen molar-refractivity contribution in [2.24, 2.45) is 0 Å². The van der Waals surface area contributed by atoms with Gasteiger partial charge in [-0.25, -0.2) is 8.42 Å². The number of amides is 1. The maximum Gasteiger partial charge on any atom is 0.255 e. The number of ether oxygens (including phenoxy) is 1. The Labute approximate surface area is 168 Å². The van der Waals surface area contributed by atoms with Gasteiger partial charge in [0.2, 0.25) is 0 Å². The number of sulfone groups is 1. The van der Waals surface area contributed by atoms with E-state index in [1.54, 1.807) is 72.8 Å². The summed E-state index contributed by atoms with van der Waals surface area (Å²) in [5, 5.41) is 3.27. The van der Waals surface area contributed by atoms with Crippen LogP contribution in [0, 0.1) is 0 Å². The first-order chi connectivity index (χ1) is 13.3. The van der Waals surface area contributed by atoms with Gasteiger partial charge in [0.15, 0.2) is 15.6 Å². The highest BCUT2D eigenvalue weighted by atomic mass is 35.5. The van der Waals surface area contributed by atoms with Crippen molar-refractivity contribution in [3.63, 3.8) is 0 Å². The Kier molecular flexibility index (Phi) is 6.02. The van der Waals surface area contributed by atoms with Crippen LogP contribution in [0.2, 0.25) is 5.02 Å². The van der Waals surface area contributed by atoms with Gasteiger partial charge in [-0.05, 0) is 42.0 Å². The first kappa shape index (κ1) is 19.9. The molecule has 1 amide bonds. The third kappa shape index (κ3) is 5.34. The van der Waals surface area contributed by atoms with Gasteiger partial charge in [-0.3, -0.25) is 4.79 Å². The highest BCUT2D eigenvalue weighted by Crippen LogP contribution is 2.33. The Bertz CT molecular complexity index is 1100. The van der Waals surface area contributed by atoms with Gasteiger partial charge in [0.05, 0.1) is 16.5 Å². The van der Waals surface area contributed by atoms with E-state index in [-0.39, 0.29) is 11.7 Å². The number of carbonyl (C=O) groups is 1. The number of anilines is 1. The summed E-state index contributed by atoms with van der Waals surface area (Å²) < 4.78 is 28.6. The second kappa shape index (κ2) is 8.46. The fourth-order valence-electron chi connectivity index (χ4n) is 2.55. The van der Waals surface area contributed by atoms with Gasteiger partial charge >= 0.3 is 0 Å². The average molecular weight is 416 g/mol. The third-order valence-electron chi connectivity index (χ3n) is 3.84. The zero-order valence-electron chi connectivity index (χ0n) is 15.1. The minimum atomic E-state index is -3.13. The zero-order valence-corrected chi connectivity index (χ0v) is 16.6. The lowest BCUT2D eigenvalue weighted by molar-refractivity contribution is 0.102. The molecule has 3 aromatic rings. The van der Waals surface area contributed by atoms with Crippen LogP contribution < -0.4 is 10.1 Å². The molecule has 28 heavy (non-hydrogen) atoms. The Morgan fingerprint density at radius 3 is 2.18 bits per heavy atom. The average Bonchev–Trinajstić information content (AvgIpc) is 2.64. The van der Waals surface area contributed by atoms with Gasteiger partial charge in [-0.1, -0.05) is 48.0 Å². The molecular formula is C21H18ClNO4S. The Hall–Kier alpha value is -2.83. The molecule has 0 saturated heterocycles. The number of nitrogens with one attached hydrogen (secondary N) is 1. The summed E-state index contributed by atoms with van der Waals surface area (Å²) >= 11 is 6.13. The minimum Gasteiger partial charge on any atom is -0.454 e. The summed E-state index contributed by atoms with van der Waals surface area (Å²) in [7, 11) is -3.13. The summed E-state index contributed by atoms with van der Waals surface area (Å²) in [5.74, 6) is 0.540. The lowest BCUT2D eigenvalue weighted by atomic mass is 10.1. The summed E-state index contributed by atoms with van der Waals surface area (Å²) in [4.78, 5) is 12.6. The number of hydrogen-bond acceptors (Lipinski definition) is 4. The van der Waals surface area contributed by atoms with E-state index in [0.29, 0.717) is 33.3 Å². The van der Waals surface area contributed by atoms with Gasteiger partial charge in [0, 0.05) is 11.8 Å². The lowest BCUT2D eigenvalue weighted by Crippen LogP contribution is -2.12. The number of halogens is 1. The molecule has 0 radical (unpaired) electrons. The number of benzene rings is 3. The fraction of sp³-hybridized carbons (Fsp3) is 0.0952. The van der Waals surface area contributed by atoms with Crippen LogP contribution in [-0.2, 0) is 15.6 Å². The highest BCUT2D eigenvalue weighted by Gasteiger charge is 2.12. The van der Waals surface area contributed by atoms with Gasteiger partial charge in [0.25, 0.3) is 5.91 Å². The summed E-state index contributed by atoms with van der Waals surface area (Å²) in [6.07, 6.45) is 1.17. The van der Waals surface area contributed by atoms with Crippen molar-refractivity contribution >= 4 is 33.0 Å². The van der Waals surface area contributed by atoms with E-state index in [9.17, 15) is 13.2 Å². The molecule has 0 atom stereocenters. The first-order valence-corrected chi connectivity index (χ1v) is 10.8. The topological polar surface area (TPSA) is 72.5 Å². The molecule has 3 aromatic carbocycles. The van der Waals surface area contributed by atoms with Gasteiger partial charge in [-0.15, -0.1) is 0 Å². The predicted octanol–water partition coefficient (Wildman–Crippen LogP) is 4.93. The maximum atomic E-state index is 12.6. The molecule has 0 spiro atoms. The van der Waals surface area contributed by atoms with Crippen molar-refractivity contribution in [1.82, 2.24) is 0 Å². The van der Waals surface area contributed by atoms with Crippen molar-refractivity contribution < 1.29 is 17.9 Å². The molecule has 144 valence electrons. The van der Waals surface area contributed by atoms with Crippen molar-refractivity contribution in [3.05, 3.63) is 88.9 Å². The Morgan fingerprint density at radius 2 is 1.54 bits per heavy atom. The molecule has 0 bridgehead atoms. The monoisotopic (exact) mass is 415 g/mol. The largest absolute Gasteiger partial charge is 0.454 e. The molecule has 0 aliphatic rings. The van der Waals surface area contributed by atoms with E-state index in [1.807, 2.05) is 0 Å². The standard InChI is InChI=1S/C21H18ClNO4S/c1-28(25,26)14-15-10-12-16(13-11-15)21(24)23-18-7-3-5-9-20(18)27-19-8-4-2-6-17(19)22/h2-13H,14H2,1H3,(H,23,24). The Morgan fingerprint density at radius 1 is 0.929 bits per heavy atom. The molecular weight excluding hydrogens is 398 g/mol. The van der Waals surface area contributed by atoms with Crippen molar-refractivity contribution in [3.8, 4) is 11.5 Å². The van der Waals surface area contributed by atoms with Crippen LogP contribution in [0.25, 0.3) is 0 Å². The fourth-order valence-corrected chi connectivity index (χ4v) is 3.53. The van der Waals surface area contributed by atoms with E-state index >= 15 is 0 Å². The quantitative estimate of drug-likeness (QED) is 0.619. The molecule has 0 fully saturated rings. The second-order valence-electron chi connectivity index (χ2n) is 6.25. The maximum absolute atomic E-state index is 12.6. The van der Waals surface area contributed by atoms with Crippen molar-refractivity contribution in [2.75, 3.05) is 11.6 Å². The number of para-hydroxylation sites is 3. The van der Waals surface area contributed by atoms with Crippen LogP contribution >= 0.6 is 11.6 Å². The molecule has 0 heterocycles. The van der Waals surface area contributed by atoms with Crippen LogP contribution in [0.15, 0.2) is 72.8 Å². The summed E-state index contributed by atoms with van der Waals surface area (Å²) in [5.41, 5.74) is 1.53. The molecule has 0 aliphatic carbocycles. The normalized spacial score (nSPS) is 11.1. The van der Waals surface area contributed by atoms with E-state index in [4.69, 9.17) is 16.3 Å². The smallest absolute Gasteiger partial charge is 0.255 e. The Balaban J connectivity index is 1.77. The molecule has 3 rings (SSSR count). The summed E-state index contributed by atoms with van der Waals surface area (Å²) in [6.45, 7) is 0. The molecule has 1 N–H and O–H groups in total. The minimum absolute atomic E-state index is 0.0661. The van der Waals surface area contributed by atoms with E-state index in [2.05, 4.69) is 5.32 Å². The van der Waals surface area contributed by atoms with E-state index in [1.165, 1.54) is 6.26 Å². The SMILES string of the molecule is CS(=O)(=O)Cc1ccc(C(=O)Nc2ccccc2Oc2ccccc2Cl)cc1. The molecule has 7 heteroatoms. The van der Waals surface area contributed by atoms with Crippen LogP contribution in [-0.4, -0.2) is 20.6 Å². The zero-order chi connectivity index (χ0) is 20.1. The van der Waals surface area contributed by atoms with Crippen LogP contribution in [0.4, 0.5) is 5.69 Å². The highest BCUT2D eigenvalue weighted by molar-refractivity contribution is 7.89. The second-order valence-corrected chi connectivity index (χ2v) is 8.80. The van der Waals surface area contributed by atoms with Crippen molar-refractivity contribution in [1.29, 1.82) is 0 Å². The van der Waals surface area contributed by atoms with Crippen LogP contribution in [0.1, 0.15) is 15.9 Å². The summed E-state index contributed by atoms with van der Waals surface area (Å²) in [6, 6.07) is 20.5. The van der Waals surface area contributed by atoms with Gasteiger partial charge < -0.3 is 10.1 Å². The number of carbonyl (C=O) groups excluding carboxylic acids is 1. The number of hydrogen-bond donors (Lipinski definition) is 1. The number of rotatable bonds is 6. The molecule has 5 nitrogen and oxygen atoms in total. The predicted molar refractivity (Wildman–Crippen MR) is 111 cm³/mol. The van der Waals surface area contributed by atoms with E-state index < -0.39 is 9.84 Å².